The maximum atomic E-state index is 10.8. The molecule has 2 aromatic rings. The van der Waals surface area contributed by atoms with Crippen molar-refractivity contribution in [1.82, 2.24) is 0 Å². The van der Waals surface area contributed by atoms with E-state index in [-0.39, 0.29) is 16.7 Å². The monoisotopic (exact) mass is 326 g/mol. The molecule has 2 aromatic carbocycles. The van der Waals surface area contributed by atoms with Crippen LogP contribution >= 0.6 is 11.6 Å². The Labute approximate surface area is 138 Å². The lowest BCUT2D eigenvalue weighted by atomic mass is 9.77. The Morgan fingerprint density at radius 2 is 1.96 bits per heavy atom. The summed E-state index contributed by atoms with van der Waals surface area (Å²) >= 11 is 6.38. The average Bonchev–Trinajstić information content (AvgIpc) is 3.04. The summed E-state index contributed by atoms with van der Waals surface area (Å²) in [5.74, 6) is 0.743. The van der Waals surface area contributed by atoms with Crippen molar-refractivity contribution >= 4 is 23.0 Å². The predicted molar refractivity (Wildman–Crippen MR) is 90.9 cm³/mol. The Bertz CT molecular complexity index is 801. The van der Waals surface area contributed by atoms with E-state index in [0.717, 1.165) is 17.7 Å². The highest BCUT2D eigenvalue weighted by molar-refractivity contribution is 6.33. The van der Waals surface area contributed by atoms with Gasteiger partial charge in [-0.15, -0.1) is 0 Å². The molecule has 0 saturated carbocycles. The second-order valence-corrected chi connectivity index (χ2v) is 6.44. The molecular formula is C18H15ClN2O2. The van der Waals surface area contributed by atoms with Gasteiger partial charge in [0.1, 0.15) is 0 Å². The highest BCUT2D eigenvalue weighted by Gasteiger charge is 2.38. The largest absolute Gasteiger partial charge is 0.376 e. The number of fused-ring (bicyclic) bond motifs is 3. The molecule has 5 heteroatoms. The highest BCUT2D eigenvalue weighted by atomic mass is 35.5. The molecule has 2 aliphatic rings. The molecule has 0 spiro atoms. The van der Waals surface area contributed by atoms with Gasteiger partial charge >= 0.3 is 0 Å². The third-order valence-corrected chi connectivity index (χ3v) is 5.12. The number of hydrogen-bond acceptors (Lipinski definition) is 3. The van der Waals surface area contributed by atoms with Gasteiger partial charge in [-0.05, 0) is 29.5 Å². The van der Waals surface area contributed by atoms with Crippen molar-refractivity contribution in [1.29, 1.82) is 0 Å². The Hall–Kier alpha value is -2.33. The minimum Gasteiger partial charge on any atom is -0.376 e. The second kappa shape index (κ2) is 5.39. The molecule has 3 atom stereocenters. The van der Waals surface area contributed by atoms with E-state index in [1.807, 2.05) is 24.3 Å². The van der Waals surface area contributed by atoms with Crippen LogP contribution in [0.25, 0.3) is 0 Å². The number of allylic oxidation sites excluding steroid dienone is 2. The number of hydrogen-bond donors (Lipinski definition) is 1. The molecule has 1 heterocycles. The summed E-state index contributed by atoms with van der Waals surface area (Å²) in [6.07, 6.45) is 5.45. The molecule has 1 aliphatic heterocycles. The van der Waals surface area contributed by atoms with E-state index >= 15 is 0 Å². The first-order valence-electron chi connectivity index (χ1n) is 7.61. The van der Waals surface area contributed by atoms with E-state index in [0.29, 0.717) is 16.9 Å². The molecular weight excluding hydrogens is 312 g/mol. The fraction of sp³-hybridized carbons (Fsp3) is 0.222. The van der Waals surface area contributed by atoms with Crippen molar-refractivity contribution in [2.75, 3.05) is 5.32 Å². The van der Waals surface area contributed by atoms with Crippen molar-refractivity contribution < 1.29 is 4.92 Å². The van der Waals surface area contributed by atoms with Crippen LogP contribution in [0.15, 0.2) is 54.6 Å². The quantitative estimate of drug-likeness (QED) is 0.476. The molecule has 0 saturated heterocycles. The number of anilines is 1. The maximum absolute atomic E-state index is 10.8. The molecule has 4 rings (SSSR count). The first-order valence-corrected chi connectivity index (χ1v) is 7.99. The fourth-order valence-electron chi connectivity index (χ4n) is 3.72. The van der Waals surface area contributed by atoms with Crippen molar-refractivity contribution in [2.24, 2.45) is 5.92 Å². The first kappa shape index (κ1) is 14.3. The summed E-state index contributed by atoms with van der Waals surface area (Å²) in [6, 6.07) is 12.9. The summed E-state index contributed by atoms with van der Waals surface area (Å²) in [5.41, 5.74) is 3.38. The van der Waals surface area contributed by atoms with Gasteiger partial charge in [-0.1, -0.05) is 48.0 Å². The smallest absolute Gasteiger partial charge is 0.269 e. The first-order chi connectivity index (χ1) is 11.1. The normalized spacial score (nSPS) is 24.7. The number of nitro benzene ring substituents is 1. The maximum Gasteiger partial charge on any atom is 0.269 e. The van der Waals surface area contributed by atoms with Crippen LogP contribution in [0.2, 0.25) is 5.02 Å². The molecule has 0 amide bonds. The molecule has 0 bridgehead atoms. The summed E-state index contributed by atoms with van der Waals surface area (Å²) < 4.78 is 0. The van der Waals surface area contributed by atoms with Crippen molar-refractivity contribution in [3.05, 3.63) is 80.9 Å². The molecule has 0 unspecified atom stereocenters. The molecule has 4 nitrogen and oxygen atoms in total. The highest BCUT2D eigenvalue weighted by Crippen LogP contribution is 2.51. The standard InChI is InChI=1S/C18H15ClN2O2/c19-16-6-2-5-15-13-3-1-4-14(13)17(20-18(15)16)11-7-9-12(10-8-11)21(22)23/h1-3,5-10,13-14,17,20H,4H2/t13-,14+,17-/m1/s1. The number of nitro groups is 1. The fourth-order valence-corrected chi connectivity index (χ4v) is 3.95. The van der Waals surface area contributed by atoms with Crippen LogP contribution in [-0.4, -0.2) is 4.92 Å². The van der Waals surface area contributed by atoms with Crippen LogP contribution in [0.4, 0.5) is 11.4 Å². The Morgan fingerprint density at radius 1 is 1.17 bits per heavy atom. The van der Waals surface area contributed by atoms with Gasteiger partial charge in [0.2, 0.25) is 0 Å². The molecule has 0 fully saturated rings. The Balaban J connectivity index is 1.75. The van der Waals surface area contributed by atoms with Crippen LogP contribution < -0.4 is 5.32 Å². The zero-order valence-corrected chi connectivity index (χ0v) is 13.0. The number of halogens is 1. The van der Waals surface area contributed by atoms with Crippen LogP contribution in [0.5, 0.6) is 0 Å². The summed E-state index contributed by atoms with van der Waals surface area (Å²) in [5, 5.41) is 15.1. The number of nitrogens with one attached hydrogen (secondary N) is 1. The summed E-state index contributed by atoms with van der Waals surface area (Å²) in [6.45, 7) is 0. The van der Waals surface area contributed by atoms with Gasteiger partial charge in [-0.3, -0.25) is 10.1 Å². The molecule has 0 radical (unpaired) electrons. The van der Waals surface area contributed by atoms with Crippen LogP contribution in [0, 0.1) is 16.0 Å². The second-order valence-electron chi connectivity index (χ2n) is 6.03. The predicted octanol–water partition coefficient (Wildman–Crippen LogP) is 5.07. The summed E-state index contributed by atoms with van der Waals surface area (Å²) in [4.78, 5) is 10.5. The van der Waals surface area contributed by atoms with Crippen molar-refractivity contribution in [3.8, 4) is 0 Å². The SMILES string of the molecule is O=[N+]([O-])c1ccc([C@H]2Nc3c(Cl)cccc3[C@@H]3C=CC[C@H]23)cc1. The molecule has 1 N–H and O–H groups in total. The molecule has 0 aromatic heterocycles. The lowest BCUT2D eigenvalue weighted by Crippen LogP contribution is -2.29. The minimum atomic E-state index is -0.371. The van der Waals surface area contributed by atoms with Gasteiger partial charge in [0, 0.05) is 18.1 Å². The molecule has 23 heavy (non-hydrogen) atoms. The summed E-state index contributed by atoms with van der Waals surface area (Å²) in [7, 11) is 0. The van der Waals surface area contributed by atoms with E-state index in [9.17, 15) is 10.1 Å². The molecule has 1 aliphatic carbocycles. The van der Waals surface area contributed by atoms with Gasteiger partial charge in [0.05, 0.1) is 21.7 Å². The van der Waals surface area contributed by atoms with Gasteiger partial charge in [0.25, 0.3) is 5.69 Å². The number of para-hydroxylation sites is 1. The van der Waals surface area contributed by atoms with Gasteiger partial charge in [0.15, 0.2) is 0 Å². The van der Waals surface area contributed by atoms with Crippen LogP contribution in [0.3, 0.4) is 0 Å². The zero-order valence-electron chi connectivity index (χ0n) is 12.3. The van der Waals surface area contributed by atoms with Crippen LogP contribution in [-0.2, 0) is 0 Å². The van der Waals surface area contributed by atoms with Crippen LogP contribution in [0.1, 0.15) is 29.5 Å². The van der Waals surface area contributed by atoms with E-state index in [1.54, 1.807) is 12.1 Å². The zero-order chi connectivity index (χ0) is 16.0. The number of nitrogens with zero attached hydrogens (tertiary/aromatic N) is 1. The van der Waals surface area contributed by atoms with Crippen molar-refractivity contribution in [3.63, 3.8) is 0 Å². The number of non-ortho nitro benzene ring substituents is 1. The van der Waals surface area contributed by atoms with E-state index in [4.69, 9.17) is 11.6 Å². The van der Waals surface area contributed by atoms with E-state index in [2.05, 4.69) is 23.5 Å². The Kier molecular flexibility index (Phi) is 3.34. The lowest BCUT2D eigenvalue weighted by molar-refractivity contribution is -0.384. The molecule has 116 valence electrons. The third-order valence-electron chi connectivity index (χ3n) is 4.81. The van der Waals surface area contributed by atoms with Gasteiger partial charge in [-0.25, -0.2) is 0 Å². The minimum absolute atomic E-state index is 0.100. The number of rotatable bonds is 2. The van der Waals surface area contributed by atoms with Gasteiger partial charge in [-0.2, -0.15) is 0 Å². The Morgan fingerprint density at radius 3 is 2.70 bits per heavy atom. The third kappa shape index (κ3) is 2.30. The van der Waals surface area contributed by atoms with E-state index in [1.165, 1.54) is 5.56 Å². The van der Waals surface area contributed by atoms with Gasteiger partial charge < -0.3 is 5.32 Å². The number of benzene rings is 2. The van der Waals surface area contributed by atoms with Crippen molar-refractivity contribution in [2.45, 2.75) is 18.4 Å². The topological polar surface area (TPSA) is 55.2 Å². The van der Waals surface area contributed by atoms with E-state index < -0.39 is 0 Å². The average molecular weight is 327 g/mol. The lowest BCUT2D eigenvalue weighted by Gasteiger charge is -2.37.